The lowest BCUT2D eigenvalue weighted by molar-refractivity contribution is -0.126. The fourth-order valence-corrected chi connectivity index (χ4v) is 2.75. The van der Waals surface area contributed by atoms with Crippen LogP contribution in [-0.2, 0) is 4.79 Å². The summed E-state index contributed by atoms with van der Waals surface area (Å²) in [5.74, 6) is -0.369. The van der Waals surface area contributed by atoms with Gasteiger partial charge in [0, 0.05) is 17.8 Å². The van der Waals surface area contributed by atoms with E-state index < -0.39 is 5.41 Å². The summed E-state index contributed by atoms with van der Waals surface area (Å²) in [5, 5.41) is 2.85. The van der Waals surface area contributed by atoms with Crippen LogP contribution in [0.1, 0.15) is 37.7 Å². The quantitative estimate of drug-likeness (QED) is 0.881. The Morgan fingerprint density at radius 2 is 2.05 bits per heavy atom. The van der Waals surface area contributed by atoms with Crippen molar-refractivity contribution >= 4 is 11.6 Å². The van der Waals surface area contributed by atoms with Gasteiger partial charge in [-0.2, -0.15) is 0 Å². The molecule has 1 fully saturated rings. The third kappa shape index (κ3) is 2.78. The number of hydrogen-bond acceptors (Lipinski definition) is 2. The maximum Gasteiger partial charge on any atom is 0.231 e. The molecule has 1 aliphatic carbocycles. The number of carbonyl (C=O) groups is 1. The molecule has 0 heterocycles. The molecule has 0 aromatic heterocycles. The predicted octanol–water partition coefficient (Wildman–Crippen LogP) is 2.98. The lowest BCUT2D eigenvalue weighted by Crippen LogP contribution is -2.44. The number of hydrogen-bond donors (Lipinski definition) is 2. The first-order chi connectivity index (χ1) is 9.09. The number of benzene rings is 1. The van der Waals surface area contributed by atoms with E-state index in [1.807, 2.05) is 0 Å². The van der Waals surface area contributed by atoms with E-state index in [1.165, 1.54) is 6.07 Å². The number of anilines is 1. The molecule has 0 saturated heterocycles. The number of amides is 1. The second-order valence-electron chi connectivity index (χ2n) is 5.41. The molecule has 1 aromatic rings. The van der Waals surface area contributed by atoms with Crippen LogP contribution in [0.25, 0.3) is 0 Å². The van der Waals surface area contributed by atoms with E-state index in [2.05, 4.69) is 5.32 Å². The van der Waals surface area contributed by atoms with Gasteiger partial charge in [-0.3, -0.25) is 4.79 Å². The zero-order valence-electron chi connectivity index (χ0n) is 11.3. The van der Waals surface area contributed by atoms with Gasteiger partial charge in [-0.25, -0.2) is 4.39 Å². The molecule has 0 aliphatic heterocycles. The highest BCUT2D eigenvalue weighted by molar-refractivity contribution is 5.96. The van der Waals surface area contributed by atoms with E-state index in [4.69, 9.17) is 5.73 Å². The van der Waals surface area contributed by atoms with Gasteiger partial charge in [-0.1, -0.05) is 25.3 Å². The maximum atomic E-state index is 13.5. The molecule has 3 N–H and O–H groups in total. The van der Waals surface area contributed by atoms with Gasteiger partial charge in [0.15, 0.2) is 0 Å². The number of halogens is 1. The SMILES string of the molecule is Cc1c(F)cccc1NC(=O)C1(CN)CCCCC1. The van der Waals surface area contributed by atoms with E-state index in [9.17, 15) is 9.18 Å². The molecule has 1 saturated carbocycles. The molecular formula is C15H21FN2O. The minimum atomic E-state index is -0.475. The Bertz CT molecular complexity index is 467. The zero-order chi connectivity index (χ0) is 13.9. The Morgan fingerprint density at radius 1 is 1.37 bits per heavy atom. The smallest absolute Gasteiger partial charge is 0.231 e. The van der Waals surface area contributed by atoms with E-state index in [0.29, 0.717) is 17.8 Å². The molecule has 2 rings (SSSR count). The second kappa shape index (κ2) is 5.70. The average Bonchev–Trinajstić information content (AvgIpc) is 2.44. The van der Waals surface area contributed by atoms with Gasteiger partial charge in [0.1, 0.15) is 5.82 Å². The van der Waals surface area contributed by atoms with Gasteiger partial charge >= 0.3 is 0 Å². The van der Waals surface area contributed by atoms with Crippen molar-refractivity contribution in [3.05, 3.63) is 29.6 Å². The molecule has 0 atom stereocenters. The van der Waals surface area contributed by atoms with E-state index in [-0.39, 0.29) is 11.7 Å². The summed E-state index contributed by atoms with van der Waals surface area (Å²) < 4.78 is 13.5. The van der Waals surface area contributed by atoms with Crippen LogP contribution in [0.3, 0.4) is 0 Å². The van der Waals surface area contributed by atoms with Gasteiger partial charge in [-0.15, -0.1) is 0 Å². The van der Waals surface area contributed by atoms with Crippen molar-refractivity contribution in [2.75, 3.05) is 11.9 Å². The lowest BCUT2D eigenvalue weighted by atomic mass is 9.73. The minimum absolute atomic E-state index is 0.0663. The largest absolute Gasteiger partial charge is 0.329 e. The number of rotatable bonds is 3. The van der Waals surface area contributed by atoms with Crippen LogP contribution < -0.4 is 11.1 Å². The van der Waals surface area contributed by atoms with Crippen LogP contribution in [0.4, 0.5) is 10.1 Å². The first kappa shape index (κ1) is 14.0. The molecule has 19 heavy (non-hydrogen) atoms. The molecular weight excluding hydrogens is 243 g/mol. The summed E-state index contributed by atoms with van der Waals surface area (Å²) in [4.78, 5) is 12.5. The van der Waals surface area contributed by atoms with Crippen LogP contribution in [0, 0.1) is 18.2 Å². The van der Waals surface area contributed by atoms with Gasteiger partial charge in [0.2, 0.25) is 5.91 Å². The molecule has 1 amide bonds. The molecule has 104 valence electrons. The Balaban J connectivity index is 2.17. The molecule has 0 bridgehead atoms. The Morgan fingerprint density at radius 3 is 2.68 bits per heavy atom. The zero-order valence-corrected chi connectivity index (χ0v) is 11.3. The van der Waals surface area contributed by atoms with Crippen LogP contribution in [-0.4, -0.2) is 12.5 Å². The van der Waals surface area contributed by atoms with Crippen molar-refractivity contribution in [2.24, 2.45) is 11.1 Å². The Kier molecular flexibility index (Phi) is 4.20. The predicted molar refractivity (Wildman–Crippen MR) is 74.3 cm³/mol. The molecule has 0 unspecified atom stereocenters. The van der Waals surface area contributed by atoms with Gasteiger partial charge in [0.25, 0.3) is 0 Å². The summed E-state index contributed by atoms with van der Waals surface area (Å²) in [6.45, 7) is 2.02. The van der Waals surface area contributed by atoms with E-state index in [1.54, 1.807) is 19.1 Å². The third-order valence-electron chi connectivity index (χ3n) is 4.20. The third-order valence-corrected chi connectivity index (χ3v) is 4.20. The van der Waals surface area contributed by atoms with Crippen molar-refractivity contribution in [2.45, 2.75) is 39.0 Å². The number of carbonyl (C=O) groups excluding carboxylic acids is 1. The molecule has 4 heteroatoms. The van der Waals surface area contributed by atoms with Crippen LogP contribution in [0.5, 0.6) is 0 Å². The Hall–Kier alpha value is -1.42. The molecule has 1 aliphatic rings. The molecule has 0 spiro atoms. The lowest BCUT2D eigenvalue weighted by Gasteiger charge is -2.34. The summed E-state index contributed by atoms with van der Waals surface area (Å²) >= 11 is 0. The summed E-state index contributed by atoms with van der Waals surface area (Å²) in [6, 6.07) is 4.72. The monoisotopic (exact) mass is 264 g/mol. The fourth-order valence-electron chi connectivity index (χ4n) is 2.75. The van der Waals surface area contributed by atoms with Crippen LogP contribution >= 0.6 is 0 Å². The highest BCUT2D eigenvalue weighted by Crippen LogP contribution is 2.36. The van der Waals surface area contributed by atoms with Crippen molar-refractivity contribution < 1.29 is 9.18 Å². The van der Waals surface area contributed by atoms with E-state index >= 15 is 0 Å². The van der Waals surface area contributed by atoms with Gasteiger partial charge < -0.3 is 11.1 Å². The average molecular weight is 264 g/mol. The second-order valence-corrected chi connectivity index (χ2v) is 5.41. The first-order valence-corrected chi connectivity index (χ1v) is 6.86. The minimum Gasteiger partial charge on any atom is -0.329 e. The van der Waals surface area contributed by atoms with Crippen molar-refractivity contribution in [1.29, 1.82) is 0 Å². The van der Waals surface area contributed by atoms with Gasteiger partial charge in [0.05, 0.1) is 5.41 Å². The van der Waals surface area contributed by atoms with Crippen molar-refractivity contribution in [3.63, 3.8) is 0 Å². The standard InChI is InChI=1S/C15H21FN2O/c1-11-12(16)6-5-7-13(11)18-14(19)15(10-17)8-3-2-4-9-15/h5-7H,2-4,8-10,17H2,1H3,(H,18,19). The van der Waals surface area contributed by atoms with Crippen LogP contribution in [0.15, 0.2) is 18.2 Å². The molecule has 3 nitrogen and oxygen atoms in total. The molecule has 1 aromatic carbocycles. The first-order valence-electron chi connectivity index (χ1n) is 6.86. The fraction of sp³-hybridized carbons (Fsp3) is 0.533. The number of nitrogens with two attached hydrogens (primary N) is 1. The number of nitrogens with one attached hydrogen (secondary N) is 1. The van der Waals surface area contributed by atoms with E-state index in [0.717, 1.165) is 32.1 Å². The van der Waals surface area contributed by atoms with Gasteiger partial charge in [-0.05, 0) is 31.9 Å². The highest BCUT2D eigenvalue weighted by Gasteiger charge is 2.38. The molecule has 0 radical (unpaired) electrons. The summed E-state index contributed by atoms with van der Waals surface area (Å²) in [6.07, 6.45) is 4.88. The maximum absolute atomic E-state index is 13.5. The van der Waals surface area contributed by atoms with Crippen LogP contribution in [0.2, 0.25) is 0 Å². The van der Waals surface area contributed by atoms with Crippen molar-refractivity contribution in [1.82, 2.24) is 0 Å². The van der Waals surface area contributed by atoms with Crippen molar-refractivity contribution in [3.8, 4) is 0 Å². The summed E-state index contributed by atoms with van der Waals surface area (Å²) in [5.41, 5.74) is 6.37. The normalized spacial score (nSPS) is 18.1. The Labute approximate surface area is 113 Å². The summed E-state index contributed by atoms with van der Waals surface area (Å²) in [7, 11) is 0. The topological polar surface area (TPSA) is 55.1 Å². The highest BCUT2D eigenvalue weighted by atomic mass is 19.1.